The van der Waals surface area contributed by atoms with E-state index < -0.39 is 28.3 Å². The van der Waals surface area contributed by atoms with Crippen molar-refractivity contribution in [2.75, 3.05) is 23.4 Å². The van der Waals surface area contributed by atoms with Gasteiger partial charge in [0.05, 0.1) is 23.2 Å². The SMILES string of the molecule is Cc1cc(NC(=O)COC(=O)c2c(C)oc(C)c2C)n(C2CCS(=O)(=O)C2)n1. The van der Waals surface area contributed by atoms with Crippen molar-refractivity contribution in [3.63, 3.8) is 0 Å². The number of nitrogens with one attached hydrogen (secondary N) is 1. The molecule has 1 amide bonds. The van der Waals surface area contributed by atoms with Crippen molar-refractivity contribution < 1.29 is 27.2 Å². The molecule has 3 rings (SSSR count). The number of sulfone groups is 1. The molecule has 0 radical (unpaired) electrons. The fourth-order valence-electron chi connectivity index (χ4n) is 3.33. The topological polar surface area (TPSA) is 120 Å². The minimum Gasteiger partial charge on any atom is -0.465 e. The molecule has 28 heavy (non-hydrogen) atoms. The second kappa shape index (κ2) is 7.42. The molecule has 2 aromatic rings. The van der Waals surface area contributed by atoms with Gasteiger partial charge in [-0.05, 0) is 34.1 Å². The molecule has 2 aromatic heterocycles. The lowest BCUT2D eigenvalue weighted by Crippen LogP contribution is -2.24. The summed E-state index contributed by atoms with van der Waals surface area (Å²) in [4.78, 5) is 24.5. The first-order chi connectivity index (χ1) is 13.1. The fourth-order valence-corrected chi connectivity index (χ4v) is 5.02. The number of aromatic nitrogens is 2. The van der Waals surface area contributed by atoms with E-state index in [0.29, 0.717) is 40.6 Å². The maximum atomic E-state index is 12.3. The molecule has 1 fully saturated rings. The second-order valence-corrected chi connectivity index (χ2v) is 9.24. The highest BCUT2D eigenvalue weighted by Gasteiger charge is 2.31. The average molecular weight is 409 g/mol. The molecule has 1 saturated heterocycles. The fraction of sp³-hybridized carbons (Fsp3) is 0.500. The molecule has 3 heterocycles. The Kier molecular flexibility index (Phi) is 5.33. The van der Waals surface area contributed by atoms with Crippen LogP contribution in [0, 0.1) is 27.7 Å². The number of rotatable bonds is 5. The van der Waals surface area contributed by atoms with Crippen LogP contribution in [-0.2, 0) is 19.4 Å². The molecule has 0 bridgehead atoms. The average Bonchev–Trinajstić information content (AvgIpc) is 3.21. The largest absolute Gasteiger partial charge is 0.465 e. The number of esters is 1. The van der Waals surface area contributed by atoms with Gasteiger partial charge >= 0.3 is 5.97 Å². The number of furan rings is 1. The molecule has 0 spiro atoms. The third kappa shape index (κ3) is 4.11. The van der Waals surface area contributed by atoms with Gasteiger partial charge in [0.2, 0.25) is 0 Å². The lowest BCUT2D eigenvalue weighted by Gasteiger charge is -2.13. The van der Waals surface area contributed by atoms with Crippen molar-refractivity contribution in [2.24, 2.45) is 0 Å². The summed E-state index contributed by atoms with van der Waals surface area (Å²) in [5.74, 6) is 0.373. The van der Waals surface area contributed by atoms with E-state index in [1.807, 2.05) is 0 Å². The van der Waals surface area contributed by atoms with Crippen molar-refractivity contribution >= 4 is 27.5 Å². The van der Waals surface area contributed by atoms with E-state index in [4.69, 9.17) is 9.15 Å². The minimum atomic E-state index is -3.09. The van der Waals surface area contributed by atoms with E-state index in [9.17, 15) is 18.0 Å². The number of ether oxygens (including phenoxy) is 1. The van der Waals surface area contributed by atoms with Crippen LogP contribution in [0.2, 0.25) is 0 Å². The summed E-state index contributed by atoms with van der Waals surface area (Å²) < 4.78 is 35.5. The Morgan fingerprint density at radius 1 is 1.29 bits per heavy atom. The number of carbonyl (C=O) groups excluding carboxylic acids is 2. The van der Waals surface area contributed by atoms with Gasteiger partial charge in [-0.2, -0.15) is 5.10 Å². The number of aryl methyl sites for hydroxylation is 3. The van der Waals surface area contributed by atoms with Crippen LogP contribution in [0.1, 0.15) is 45.6 Å². The van der Waals surface area contributed by atoms with E-state index in [0.717, 1.165) is 0 Å². The van der Waals surface area contributed by atoms with Crippen LogP contribution in [0.5, 0.6) is 0 Å². The number of anilines is 1. The maximum absolute atomic E-state index is 12.3. The smallest absolute Gasteiger partial charge is 0.342 e. The Morgan fingerprint density at radius 2 is 2.00 bits per heavy atom. The van der Waals surface area contributed by atoms with E-state index in [1.165, 1.54) is 4.68 Å². The van der Waals surface area contributed by atoms with Crippen molar-refractivity contribution in [3.05, 3.63) is 34.4 Å². The standard InChI is InChI=1S/C18H23N3O6S/c1-10-7-15(21(20-10)14-5-6-28(24,25)9-14)19-16(22)8-26-18(23)17-11(2)12(3)27-13(17)4/h7,14H,5-6,8-9H2,1-4H3,(H,19,22). The van der Waals surface area contributed by atoms with Gasteiger partial charge in [0.25, 0.3) is 5.91 Å². The summed E-state index contributed by atoms with van der Waals surface area (Å²) in [6.07, 6.45) is 0.444. The molecule has 152 valence electrons. The van der Waals surface area contributed by atoms with Gasteiger partial charge in [0.15, 0.2) is 16.4 Å². The molecular formula is C18H23N3O6S. The van der Waals surface area contributed by atoms with Crippen LogP contribution in [0.25, 0.3) is 0 Å². The Bertz CT molecular complexity index is 1030. The van der Waals surface area contributed by atoms with Crippen LogP contribution in [0.3, 0.4) is 0 Å². The number of nitrogens with zero attached hydrogens (tertiary/aromatic N) is 2. The summed E-state index contributed by atoms with van der Waals surface area (Å²) >= 11 is 0. The lowest BCUT2D eigenvalue weighted by molar-refractivity contribution is -0.119. The maximum Gasteiger partial charge on any atom is 0.342 e. The molecule has 1 unspecified atom stereocenters. The number of hydrogen-bond acceptors (Lipinski definition) is 7. The van der Waals surface area contributed by atoms with Crippen LogP contribution in [0.4, 0.5) is 5.82 Å². The Morgan fingerprint density at radius 3 is 2.57 bits per heavy atom. The highest BCUT2D eigenvalue weighted by molar-refractivity contribution is 7.91. The van der Waals surface area contributed by atoms with Crippen LogP contribution < -0.4 is 5.32 Å². The normalized spacial score (nSPS) is 18.2. The quantitative estimate of drug-likeness (QED) is 0.748. The molecule has 1 aliphatic heterocycles. The predicted octanol–water partition coefficient (Wildman–Crippen LogP) is 1.86. The summed E-state index contributed by atoms with van der Waals surface area (Å²) in [6.45, 7) is 6.43. The number of carbonyl (C=O) groups is 2. The van der Waals surface area contributed by atoms with E-state index in [-0.39, 0.29) is 17.5 Å². The van der Waals surface area contributed by atoms with Crippen LogP contribution in [-0.4, -0.2) is 48.2 Å². The first-order valence-electron chi connectivity index (χ1n) is 8.87. The Hall–Kier alpha value is -2.62. The molecule has 0 saturated carbocycles. The monoisotopic (exact) mass is 409 g/mol. The highest BCUT2D eigenvalue weighted by atomic mass is 32.2. The van der Waals surface area contributed by atoms with Crippen LogP contribution in [0.15, 0.2) is 10.5 Å². The summed E-state index contributed by atoms with van der Waals surface area (Å²) in [5.41, 5.74) is 1.65. The Balaban J connectivity index is 1.65. The highest BCUT2D eigenvalue weighted by Crippen LogP contribution is 2.27. The van der Waals surface area contributed by atoms with E-state index in [2.05, 4.69) is 10.4 Å². The molecule has 9 nitrogen and oxygen atoms in total. The zero-order chi connectivity index (χ0) is 20.6. The first kappa shape index (κ1) is 20.1. The molecule has 10 heteroatoms. The molecule has 1 aliphatic rings. The summed E-state index contributed by atoms with van der Waals surface area (Å²) in [6, 6.07) is 1.33. The van der Waals surface area contributed by atoms with Gasteiger partial charge in [-0.1, -0.05) is 0 Å². The van der Waals surface area contributed by atoms with Gasteiger partial charge in [-0.3, -0.25) is 4.79 Å². The molecule has 1 N–H and O–H groups in total. The van der Waals surface area contributed by atoms with Crippen molar-refractivity contribution in [2.45, 2.75) is 40.2 Å². The molecule has 0 aliphatic carbocycles. The zero-order valence-corrected chi connectivity index (χ0v) is 17.1. The van der Waals surface area contributed by atoms with Crippen molar-refractivity contribution in [3.8, 4) is 0 Å². The molecule has 0 aromatic carbocycles. The van der Waals surface area contributed by atoms with E-state index in [1.54, 1.807) is 33.8 Å². The first-order valence-corrected chi connectivity index (χ1v) is 10.7. The number of amides is 1. The van der Waals surface area contributed by atoms with Crippen molar-refractivity contribution in [1.29, 1.82) is 0 Å². The van der Waals surface area contributed by atoms with Crippen LogP contribution >= 0.6 is 0 Å². The van der Waals surface area contributed by atoms with Crippen molar-refractivity contribution in [1.82, 2.24) is 9.78 Å². The number of hydrogen-bond donors (Lipinski definition) is 1. The summed E-state index contributed by atoms with van der Waals surface area (Å²) in [7, 11) is -3.09. The van der Waals surface area contributed by atoms with Gasteiger partial charge in [-0.15, -0.1) is 0 Å². The Labute approximate surface area is 163 Å². The van der Waals surface area contributed by atoms with Gasteiger partial charge in [0.1, 0.15) is 22.9 Å². The third-order valence-electron chi connectivity index (χ3n) is 4.78. The summed E-state index contributed by atoms with van der Waals surface area (Å²) in [5, 5.41) is 6.94. The minimum absolute atomic E-state index is 0.00955. The molecular weight excluding hydrogens is 386 g/mol. The van der Waals surface area contributed by atoms with Gasteiger partial charge in [0, 0.05) is 11.6 Å². The van der Waals surface area contributed by atoms with Gasteiger partial charge in [-0.25, -0.2) is 17.9 Å². The third-order valence-corrected chi connectivity index (χ3v) is 6.53. The second-order valence-electron chi connectivity index (χ2n) is 7.01. The van der Waals surface area contributed by atoms with Gasteiger partial charge < -0.3 is 14.5 Å². The zero-order valence-electron chi connectivity index (χ0n) is 16.2. The lowest BCUT2D eigenvalue weighted by atomic mass is 10.1. The molecule has 1 atom stereocenters. The predicted molar refractivity (Wildman–Crippen MR) is 101 cm³/mol. The van der Waals surface area contributed by atoms with E-state index >= 15 is 0 Å².